The summed E-state index contributed by atoms with van der Waals surface area (Å²) >= 11 is 0. The molecule has 0 atom stereocenters. The molecule has 0 amide bonds. The number of benzene rings is 1. The van der Waals surface area contributed by atoms with Crippen molar-refractivity contribution in [3.63, 3.8) is 0 Å². The molecule has 0 fully saturated rings. The molecule has 0 aliphatic heterocycles. The molecule has 1 heterocycles. The van der Waals surface area contributed by atoms with E-state index in [1.807, 2.05) is 36.6 Å². The van der Waals surface area contributed by atoms with Crippen molar-refractivity contribution >= 4 is 16.7 Å². The molecule has 104 valence electrons. The third-order valence-electron chi connectivity index (χ3n) is 3.79. The first-order valence-corrected chi connectivity index (χ1v) is 6.61. The van der Waals surface area contributed by atoms with Gasteiger partial charge in [-0.25, -0.2) is 4.98 Å². The zero-order valence-corrected chi connectivity index (χ0v) is 11.4. The number of nitrogen functional groups attached to an aromatic ring is 1. The lowest BCUT2D eigenvalue weighted by atomic mass is 9.97. The quantitative estimate of drug-likeness (QED) is 0.709. The van der Waals surface area contributed by atoms with Crippen LogP contribution in [-0.4, -0.2) is 33.0 Å². The molecule has 5 nitrogen and oxygen atoms in total. The van der Waals surface area contributed by atoms with Gasteiger partial charge in [-0.15, -0.1) is 0 Å². The third-order valence-corrected chi connectivity index (χ3v) is 3.79. The number of aromatic nitrogens is 2. The van der Waals surface area contributed by atoms with Crippen LogP contribution in [0.2, 0.25) is 0 Å². The number of aliphatic hydroxyl groups excluding tert-OH is 2. The fraction of sp³-hybridized carbons (Fsp3) is 0.500. The zero-order chi connectivity index (χ0) is 14.0. The Morgan fingerprint density at radius 2 is 1.95 bits per heavy atom. The van der Waals surface area contributed by atoms with Gasteiger partial charge in [0.25, 0.3) is 0 Å². The monoisotopic (exact) mass is 263 g/mol. The Balaban J connectivity index is 2.76. The molecule has 1 aromatic carbocycles. The van der Waals surface area contributed by atoms with Gasteiger partial charge in [-0.1, -0.05) is 13.8 Å². The van der Waals surface area contributed by atoms with E-state index < -0.39 is 5.54 Å². The van der Waals surface area contributed by atoms with E-state index in [1.165, 1.54) is 0 Å². The number of hydrogen-bond donors (Lipinski definition) is 3. The molecule has 5 heteroatoms. The van der Waals surface area contributed by atoms with Crippen LogP contribution in [0.25, 0.3) is 11.0 Å². The zero-order valence-electron chi connectivity index (χ0n) is 11.4. The lowest BCUT2D eigenvalue weighted by Gasteiger charge is -2.32. The summed E-state index contributed by atoms with van der Waals surface area (Å²) in [6, 6.07) is 5.53. The van der Waals surface area contributed by atoms with Crippen LogP contribution in [0.5, 0.6) is 0 Å². The van der Waals surface area contributed by atoms with Gasteiger partial charge in [0.15, 0.2) is 0 Å². The predicted octanol–water partition coefficient (Wildman–Crippen LogP) is 1.27. The average Bonchev–Trinajstić information content (AvgIpc) is 2.80. The number of aryl methyl sites for hydroxylation is 1. The standard InChI is InChI=1S/C14H21N3O2/c1-3-13-16-11-7-10(15)5-6-12(11)17(13)14(4-2,8-18)9-19/h5-7,18-19H,3-4,8-9,15H2,1-2H3. The van der Waals surface area contributed by atoms with Gasteiger partial charge in [-0.05, 0) is 24.6 Å². The van der Waals surface area contributed by atoms with Crippen molar-refractivity contribution < 1.29 is 10.2 Å². The highest BCUT2D eigenvalue weighted by molar-refractivity contribution is 5.80. The third kappa shape index (κ3) is 2.09. The molecule has 2 rings (SSSR count). The van der Waals surface area contributed by atoms with Crippen molar-refractivity contribution in [3.05, 3.63) is 24.0 Å². The second-order valence-corrected chi connectivity index (χ2v) is 4.86. The predicted molar refractivity (Wildman–Crippen MR) is 76.0 cm³/mol. The van der Waals surface area contributed by atoms with E-state index in [0.29, 0.717) is 12.1 Å². The second kappa shape index (κ2) is 5.19. The summed E-state index contributed by atoms with van der Waals surface area (Å²) in [5.41, 5.74) is 7.43. The Labute approximate surface area is 112 Å². The van der Waals surface area contributed by atoms with E-state index >= 15 is 0 Å². The van der Waals surface area contributed by atoms with Gasteiger partial charge >= 0.3 is 0 Å². The minimum absolute atomic E-state index is 0.122. The van der Waals surface area contributed by atoms with Crippen LogP contribution >= 0.6 is 0 Å². The van der Waals surface area contributed by atoms with Crippen molar-refractivity contribution in [2.24, 2.45) is 0 Å². The average molecular weight is 263 g/mol. The van der Waals surface area contributed by atoms with Gasteiger partial charge in [-0.3, -0.25) is 0 Å². The lowest BCUT2D eigenvalue weighted by Crippen LogP contribution is -2.41. The molecule has 0 bridgehead atoms. The Morgan fingerprint density at radius 1 is 1.26 bits per heavy atom. The number of fused-ring (bicyclic) bond motifs is 1. The van der Waals surface area contributed by atoms with Crippen LogP contribution in [0.15, 0.2) is 18.2 Å². The lowest BCUT2D eigenvalue weighted by molar-refractivity contribution is 0.0608. The molecular weight excluding hydrogens is 242 g/mol. The summed E-state index contributed by atoms with van der Waals surface area (Å²) in [4.78, 5) is 4.56. The van der Waals surface area contributed by atoms with Gasteiger partial charge in [0.1, 0.15) is 5.82 Å². The summed E-state index contributed by atoms with van der Waals surface area (Å²) in [5.74, 6) is 0.852. The molecule has 19 heavy (non-hydrogen) atoms. The summed E-state index contributed by atoms with van der Waals surface area (Å²) < 4.78 is 1.96. The normalized spacial score (nSPS) is 12.2. The highest BCUT2D eigenvalue weighted by Crippen LogP contribution is 2.29. The molecule has 0 spiro atoms. The number of nitrogens with zero attached hydrogens (tertiary/aromatic N) is 2. The first kappa shape index (κ1) is 13.8. The van der Waals surface area contributed by atoms with Gasteiger partial charge in [0.2, 0.25) is 0 Å². The van der Waals surface area contributed by atoms with E-state index in [1.54, 1.807) is 0 Å². The molecule has 1 aromatic heterocycles. The number of aliphatic hydroxyl groups is 2. The van der Waals surface area contributed by atoms with E-state index in [9.17, 15) is 10.2 Å². The highest BCUT2D eigenvalue weighted by Gasteiger charge is 2.32. The smallest absolute Gasteiger partial charge is 0.110 e. The largest absolute Gasteiger partial charge is 0.399 e. The summed E-state index contributed by atoms with van der Waals surface area (Å²) in [6.07, 6.45) is 1.36. The molecule has 0 radical (unpaired) electrons. The minimum Gasteiger partial charge on any atom is -0.399 e. The van der Waals surface area contributed by atoms with E-state index in [0.717, 1.165) is 23.3 Å². The maximum absolute atomic E-state index is 9.75. The van der Waals surface area contributed by atoms with Crippen LogP contribution < -0.4 is 5.73 Å². The fourth-order valence-electron chi connectivity index (χ4n) is 2.49. The van der Waals surface area contributed by atoms with Crippen molar-refractivity contribution in [2.45, 2.75) is 32.2 Å². The molecule has 0 saturated heterocycles. The molecule has 4 N–H and O–H groups in total. The van der Waals surface area contributed by atoms with Crippen LogP contribution in [-0.2, 0) is 12.0 Å². The summed E-state index contributed by atoms with van der Waals surface area (Å²) in [5, 5.41) is 19.5. The first-order valence-electron chi connectivity index (χ1n) is 6.61. The Kier molecular flexibility index (Phi) is 3.78. The SMILES string of the molecule is CCc1nc2cc(N)ccc2n1C(CC)(CO)CO. The second-order valence-electron chi connectivity index (χ2n) is 4.86. The van der Waals surface area contributed by atoms with Crippen LogP contribution in [0.3, 0.4) is 0 Å². The number of hydrogen-bond acceptors (Lipinski definition) is 4. The van der Waals surface area contributed by atoms with Crippen molar-refractivity contribution in [1.82, 2.24) is 9.55 Å². The van der Waals surface area contributed by atoms with Gasteiger partial charge < -0.3 is 20.5 Å². The summed E-state index contributed by atoms with van der Waals surface area (Å²) in [7, 11) is 0. The van der Waals surface area contributed by atoms with Gasteiger partial charge in [-0.2, -0.15) is 0 Å². The van der Waals surface area contributed by atoms with Crippen molar-refractivity contribution in [1.29, 1.82) is 0 Å². The topological polar surface area (TPSA) is 84.3 Å². The molecular formula is C14H21N3O2. The van der Waals surface area contributed by atoms with Gasteiger partial charge in [0, 0.05) is 12.1 Å². The summed E-state index contributed by atoms with van der Waals surface area (Å²) in [6.45, 7) is 3.72. The molecule has 0 saturated carbocycles. The molecule has 0 aliphatic rings. The Hall–Kier alpha value is -1.59. The number of rotatable bonds is 5. The minimum atomic E-state index is -0.712. The van der Waals surface area contributed by atoms with Crippen LogP contribution in [0.4, 0.5) is 5.69 Å². The van der Waals surface area contributed by atoms with E-state index in [2.05, 4.69) is 4.98 Å². The molecule has 2 aromatic rings. The maximum Gasteiger partial charge on any atom is 0.110 e. The van der Waals surface area contributed by atoms with E-state index in [4.69, 9.17) is 5.73 Å². The van der Waals surface area contributed by atoms with Crippen molar-refractivity contribution in [2.75, 3.05) is 18.9 Å². The number of anilines is 1. The fourth-order valence-corrected chi connectivity index (χ4v) is 2.49. The van der Waals surface area contributed by atoms with Crippen LogP contribution in [0.1, 0.15) is 26.1 Å². The molecule has 0 aliphatic carbocycles. The number of nitrogens with two attached hydrogens (primary N) is 1. The first-order chi connectivity index (χ1) is 9.11. The Morgan fingerprint density at radius 3 is 2.47 bits per heavy atom. The van der Waals surface area contributed by atoms with Gasteiger partial charge in [0.05, 0.1) is 29.8 Å². The van der Waals surface area contributed by atoms with Crippen LogP contribution in [0, 0.1) is 0 Å². The van der Waals surface area contributed by atoms with E-state index in [-0.39, 0.29) is 13.2 Å². The maximum atomic E-state index is 9.75. The molecule has 0 unspecified atom stereocenters. The van der Waals surface area contributed by atoms with Crippen molar-refractivity contribution in [3.8, 4) is 0 Å². The highest BCUT2D eigenvalue weighted by atomic mass is 16.3. The number of imidazole rings is 1. The Bertz CT molecular complexity index is 565.